The molecular formula is C22H21ClN2O2. The summed E-state index contributed by atoms with van der Waals surface area (Å²) in [5.41, 5.74) is 4.81. The zero-order valence-corrected chi connectivity index (χ0v) is 16.2. The molecule has 2 heterocycles. The van der Waals surface area contributed by atoms with Crippen LogP contribution in [-0.4, -0.2) is 22.5 Å². The molecule has 27 heavy (non-hydrogen) atoms. The highest BCUT2D eigenvalue weighted by atomic mass is 35.5. The molecule has 5 heteroatoms. The van der Waals surface area contributed by atoms with Gasteiger partial charge in [-0.2, -0.15) is 0 Å². The fraction of sp³-hybridized carbons (Fsp3) is 0.273. The summed E-state index contributed by atoms with van der Waals surface area (Å²) < 4.78 is 5.59. The van der Waals surface area contributed by atoms with Gasteiger partial charge in [0.2, 0.25) is 0 Å². The van der Waals surface area contributed by atoms with Crippen molar-refractivity contribution in [3.8, 4) is 11.3 Å². The van der Waals surface area contributed by atoms with E-state index in [1.807, 2.05) is 53.4 Å². The molecule has 1 aliphatic heterocycles. The van der Waals surface area contributed by atoms with Crippen molar-refractivity contribution in [2.75, 3.05) is 6.54 Å². The van der Waals surface area contributed by atoms with Crippen molar-refractivity contribution in [2.24, 2.45) is 0 Å². The van der Waals surface area contributed by atoms with Crippen LogP contribution in [0.2, 0.25) is 5.02 Å². The maximum Gasteiger partial charge on any atom is 0.254 e. The Hall–Kier alpha value is -2.59. The number of amides is 1. The number of carbonyl (C=O) groups excluding carboxylic acids is 1. The van der Waals surface area contributed by atoms with Gasteiger partial charge in [0.05, 0.1) is 6.54 Å². The number of hydrogen-bond donors (Lipinski definition) is 0. The molecule has 0 unspecified atom stereocenters. The molecule has 3 aromatic rings. The van der Waals surface area contributed by atoms with Gasteiger partial charge in [0.25, 0.3) is 5.91 Å². The van der Waals surface area contributed by atoms with Crippen molar-refractivity contribution in [3.05, 3.63) is 75.9 Å². The van der Waals surface area contributed by atoms with Gasteiger partial charge in [-0.15, -0.1) is 0 Å². The first kappa shape index (κ1) is 17.8. The lowest BCUT2D eigenvalue weighted by atomic mass is 9.99. The smallest absolute Gasteiger partial charge is 0.254 e. The Morgan fingerprint density at radius 3 is 2.48 bits per heavy atom. The van der Waals surface area contributed by atoms with Gasteiger partial charge < -0.3 is 9.42 Å². The number of hydrogen-bond acceptors (Lipinski definition) is 3. The van der Waals surface area contributed by atoms with Gasteiger partial charge in [-0.3, -0.25) is 4.79 Å². The second-order valence-corrected chi connectivity index (χ2v) is 7.63. The minimum atomic E-state index is 0.0343. The maximum absolute atomic E-state index is 12.9. The van der Waals surface area contributed by atoms with E-state index >= 15 is 0 Å². The predicted octanol–water partition coefficient (Wildman–Crippen LogP) is 5.32. The van der Waals surface area contributed by atoms with Crippen molar-refractivity contribution in [1.29, 1.82) is 0 Å². The molecule has 2 aromatic carbocycles. The fourth-order valence-electron chi connectivity index (χ4n) is 3.43. The zero-order chi connectivity index (χ0) is 19.0. The van der Waals surface area contributed by atoms with Crippen LogP contribution in [0, 0.1) is 0 Å². The van der Waals surface area contributed by atoms with E-state index in [4.69, 9.17) is 16.1 Å². The molecule has 4 rings (SSSR count). The molecule has 0 bridgehead atoms. The number of nitrogens with zero attached hydrogens (tertiary/aromatic N) is 2. The largest absolute Gasteiger partial charge is 0.356 e. The van der Waals surface area contributed by atoms with Crippen molar-refractivity contribution in [3.63, 3.8) is 0 Å². The Kier molecular flexibility index (Phi) is 4.75. The molecular weight excluding hydrogens is 360 g/mol. The highest BCUT2D eigenvalue weighted by Gasteiger charge is 2.27. The standard InChI is InChI=1S/C22H21ClN2O2/c1-14(2)15-3-5-17(6-4-15)22(26)25-12-11-19-20(13-25)24-27-21(19)16-7-9-18(23)10-8-16/h3-10,14H,11-13H2,1-2H3. The summed E-state index contributed by atoms with van der Waals surface area (Å²) in [6.07, 6.45) is 0.729. The number of aromatic nitrogens is 1. The maximum atomic E-state index is 12.9. The highest BCUT2D eigenvalue weighted by molar-refractivity contribution is 6.30. The van der Waals surface area contributed by atoms with E-state index in [1.165, 1.54) is 5.56 Å². The summed E-state index contributed by atoms with van der Waals surface area (Å²) in [5.74, 6) is 1.26. The van der Waals surface area contributed by atoms with Gasteiger partial charge in [0, 0.05) is 28.3 Å². The molecule has 0 aliphatic carbocycles. The lowest BCUT2D eigenvalue weighted by Gasteiger charge is -2.26. The van der Waals surface area contributed by atoms with Crippen LogP contribution in [0.5, 0.6) is 0 Å². The van der Waals surface area contributed by atoms with E-state index < -0.39 is 0 Å². The third kappa shape index (κ3) is 3.50. The van der Waals surface area contributed by atoms with Crippen LogP contribution in [0.3, 0.4) is 0 Å². The van der Waals surface area contributed by atoms with Crippen LogP contribution >= 0.6 is 11.6 Å². The van der Waals surface area contributed by atoms with Crippen molar-refractivity contribution < 1.29 is 9.32 Å². The molecule has 1 aliphatic rings. The Bertz CT molecular complexity index is 959. The predicted molar refractivity (Wildman–Crippen MR) is 106 cm³/mol. The quantitative estimate of drug-likeness (QED) is 0.618. The second kappa shape index (κ2) is 7.20. The van der Waals surface area contributed by atoms with Gasteiger partial charge in [0.1, 0.15) is 5.69 Å². The molecule has 0 saturated carbocycles. The number of benzene rings is 2. The fourth-order valence-corrected chi connectivity index (χ4v) is 3.55. The molecule has 1 aromatic heterocycles. The van der Waals surface area contributed by atoms with Gasteiger partial charge in [-0.1, -0.05) is 42.7 Å². The molecule has 1 amide bonds. The second-order valence-electron chi connectivity index (χ2n) is 7.20. The Morgan fingerprint density at radius 1 is 1.11 bits per heavy atom. The first-order valence-corrected chi connectivity index (χ1v) is 9.53. The SMILES string of the molecule is CC(C)c1ccc(C(=O)N2CCc3c(noc3-c3ccc(Cl)cc3)C2)cc1. The first-order valence-electron chi connectivity index (χ1n) is 9.15. The molecule has 0 spiro atoms. The minimum absolute atomic E-state index is 0.0343. The average molecular weight is 381 g/mol. The number of fused-ring (bicyclic) bond motifs is 1. The molecule has 0 atom stereocenters. The highest BCUT2D eigenvalue weighted by Crippen LogP contribution is 2.31. The molecule has 0 fully saturated rings. The number of carbonyl (C=O) groups is 1. The normalized spacial score (nSPS) is 13.7. The summed E-state index contributed by atoms with van der Waals surface area (Å²) in [7, 11) is 0. The van der Waals surface area contributed by atoms with Crippen LogP contribution < -0.4 is 0 Å². The summed E-state index contributed by atoms with van der Waals surface area (Å²) >= 11 is 5.97. The molecule has 4 nitrogen and oxygen atoms in total. The Balaban J connectivity index is 1.53. The average Bonchev–Trinajstić information content (AvgIpc) is 3.11. The zero-order valence-electron chi connectivity index (χ0n) is 15.4. The van der Waals surface area contributed by atoms with Crippen LogP contribution in [0.4, 0.5) is 0 Å². The van der Waals surface area contributed by atoms with E-state index in [2.05, 4.69) is 19.0 Å². The lowest BCUT2D eigenvalue weighted by Crippen LogP contribution is -2.36. The van der Waals surface area contributed by atoms with Gasteiger partial charge in [0.15, 0.2) is 5.76 Å². The van der Waals surface area contributed by atoms with Gasteiger partial charge in [-0.25, -0.2) is 0 Å². The van der Waals surface area contributed by atoms with Crippen LogP contribution in [0.25, 0.3) is 11.3 Å². The van der Waals surface area contributed by atoms with E-state index in [-0.39, 0.29) is 5.91 Å². The van der Waals surface area contributed by atoms with Crippen molar-refractivity contribution in [2.45, 2.75) is 32.7 Å². The van der Waals surface area contributed by atoms with Crippen LogP contribution in [0.1, 0.15) is 46.9 Å². The van der Waals surface area contributed by atoms with Gasteiger partial charge in [-0.05, 0) is 54.3 Å². The van der Waals surface area contributed by atoms with E-state index in [0.29, 0.717) is 29.6 Å². The lowest BCUT2D eigenvalue weighted by molar-refractivity contribution is 0.0731. The van der Waals surface area contributed by atoms with E-state index in [1.54, 1.807) is 0 Å². The number of rotatable bonds is 3. The summed E-state index contributed by atoms with van der Waals surface area (Å²) in [6, 6.07) is 15.4. The summed E-state index contributed by atoms with van der Waals surface area (Å²) in [6.45, 7) is 5.41. The Labute approximate surface area is 163 Å². The van der Waals surface area contributed by atoms with Gasteiger partial charge >= 0.3 is 0 Å². The third-order valence-electron chi connectivity index (χ3n) is 5.06. The first-order chi connectivity index (χ1) is 13.0. The molecule has 0 N–H and O–H groups in total. The van der Waals surface area contributed by atoms with Crippen LogP contribution in [-0.2, 0) is 13.0 Å². The third-order valence-corrected chi connectivity index (χ3v) is 5.31. The van der Waals surface area contributed by atoms with Crippen molar-refractivity contribution in [1.82, 2.24) is 10.1 Å². The number of halogens is 1. The minimum Gasteiger partial charge on any atom is -0.356 e. The molecule has 0 radical (unpaired) electrons. The monoisotopic (exact) mass is 380 g/mol. The van der Waals surface area contributed by atoms with Crippen molar-refractivity contribution >= 4 is 17.5 Å². The summed E-state index contributed by atoms with van der Waals surface area (Å²) in [5, 5.41) is 4.90. The topological polar surface area (TPSA) is 46.3 Å². The van der Waals surface area contributed by atoms with Crippen LogP contribution in [0.15, 0.2) is 53.1 Å². The molecule has 138 valence electrons. The molecule has 0 saturated heterocycles. The summed E-state index contributed by atoms with van der Waals surface area (Å²) in [4.78, 5) is 14.7. The van der Waals surface area contributed by atoms with E-state index in [9.17, 15) is 4.79 Å². The Morgan fingerprint density at radius 2 is 1.81 bits per heavy atom. The van der Waals surface area contributed by atoms with E-state index in [0.717, 1.165) is 29.0 Å².